The second-order valence-corrected chi connectivity index (χ2v) is 1.78. The molecule has 0 aromatic heterocycles. The van der Waals surface area contributed by atoms with E-state index in [-0.39, 0.29) is 0 Å². The molecule has 0 bridgehead atoms. The third-order valence-corrected chi connectivity index (χ3v) is 0.511. The van der Waals surface area contributed by atoms with E-state index in [1.807, 2.05) is 0 Å². The number of halogens is 1. The van der Waals surface area contributed by atoms with Gasteiger partial charge in [0.05, 0.1) is 0 Å². The van der Waals surface area contributed by atoms with Gasteiger partial charge in [0, 0.05) is 23.7 Å². The van der Waals surface area contributed by atoms with Crippen molar-refractivity contribution in [2.24, 2.45) is 4.99 Å². The van der Waals surface area contributed by atoms with E-state index in [2.05, 4.69) is 4.99 Å². The molecule has 0 aliphatic carbocycles. The van der Waals surface area contributed by atoms with Gasteiger partial charge >= 0.3 is 0 Å². The van der Waals surface area contributed by atoms with Crippen LogP contribution in [-0.4, -0.2) is 12.4 Å². The van der Waals surface area contributed by atoms with Crippen molar-refractivity contribution in [3.63, 3.8) is 0 Å². The first-order chi connectivity index (χ1) is 3.77. The molecule has 0 radical (unpaired) electrons. The monoisotopic (exact) mass is 130 g/mol. The molecule has 1 N–H and O–H groups in total. The first-order valence-electron chi connectivity index (χ1n) is 2.12. The van der Waals surface area contributed by atoms with Crippen LogP contribution in [0.15, 0.2) is 16.2 Å². The fraction of sp³-hybridized carbons (Fsp3) is 0.200. The van der Waals surface area contributed by atoms with Gasteiger partial charge in [-0.05, 0) is 6.92 Å². The summed E-state index contributed by atoms with van der Waals surface area (Å²) in [6.45, 7) is 1.73. The highest BCUT2D eigenvalue weighted by Crippen LogP contribution is 1.95. The molecule has 44 valence electrons. The summed E-state index contributed by atoms with van der Waals surface area (Å²) >= 11 is 5.39. The third kappa shape index (κ3) is 5.37. The molecule has 0 unspecified atom stereocenters. The molecule has 0 aromatic carbocycles. The lowest BCUT2D eigenvalue weighted by atomic mass is 10.7. The summed E-state index contributed by atoms with van der Waals surface area (Å²) in [5, 5.41) is 7.11. The number of nitrogens with one attached hydrogen (secondary N) is 1. The van der Waals surface area contributed by atoms with Crippen LogP contribution in [0.5, 0.6) is 0 Å². The van der Waals surface area contributed by atoms with Crippen LogP contribution in [-0.2, 0) is 0 Å². The minimum atomic E-state index is 0.614. The summed E-state index contributed by atoms with van der Waals surface area (Å²) in [6.07, 6.45) is 3.93. The van der Waals surface area contributed by atoms with Gasteiger partial charge < -0.3 is 5.41 Å². The Labute approximate surface area is 53.4 Å². The molecule has 0 fully saturated rings. The van der Waals surface area contributed by atoms with E-state index in [1.54, 1.807) is 6.92 Å². The molecule has 0 heterocycles. The largest absolute Gasteiger partial charge is 0.307 e. The zero-order chi connectivity index (χ0) is 6.41. The van der Waals surface area contributed by atoms with E-state index < -0.39 is 0 Å². The van der Waals surface area contributed by atoms with Gasteiger partial charge in [-0.1, -0.05) is 11.6 Å². The molecular formula is C5H7ClN2. The Hall–Kier alpha value is -0.630. The summed E-state index contributed by atoms with van der Waals surface area (Å²) in [6, 6.07) is 0. The molecule has 3 heteroatoms. The summed E-state index contributed by atoms with van der Waals surface area (Å²) in [7, 11) is 0. The average Bonchev–Trinajstić information content (AvgIpc) is 1.66. The van der Waals surface area contributed by atoms with Crippen LogP contribution in [0.4, 0.5) is 0 Å². The van der Waals surface area contributed by atoms with Gasteiger partial charge in [-0.3, -0.25) is 4.99 Å². The molecule has 8 heavy (non-hydrogen) atoms. The van der Waals surface area contributed by atoms with E-state index in [0.717, 1.165) is 6.21 Å². The van der Waals surface area contributed by atoms with E-state index in [9.17, 15) is 0 Å². The van der Waals surface area contributed by atoms with Gasteiger partial charge in [-0.15, -0.1) is 0 Å². The molecule has 0 atom stereocenters. The Morgan fingerprint density at radius 2 is 2.38 bits per heavy atom. The van der Waals surface area contributed by atoms with Crippen LogP contribution in [0.2, 0.25) is 0 Å². The van der Waals surface area contributed by atoms with Crippen molar-refractivity contribution in [1.82, 2.24) is 0 Å². The predicted octanol–water partition coefficient (Wildman–Crippen LogP) is 1.81. The minimum absolute atomic E-state index is 0.614. The van der Waals surface area contributed by atoms with E-state index in [0.29, 0.717) is 5.03 Å². The number of allylic oxidation sites excluding steroid dienone is 1. The number of hydrogen-bond acceptors (Lipinski definition) is 2. The van der Waals surface area contributed by atoms with Gasteiger partial charge in [0.25, 0.3) is 0 Å². The number of rotatable bonds is 2. The van der Waals surface area contributed by atoms with Crippen molar-refractivity contribution in [2.45, 2.75) is 6.92 Å². The van der Waals surface area contributed by atoms with Crippen LogP contribution >= 0.6 is 11.6 Å². The van der Waals surface area contributed by atoms with Crippen molar-refractivity contribution < 1.29 is 0 Å². The highest BCUT2D eigenvalue weighted by atomic mass is 35.5. The van der Waals surface area contributed by atoms with Gasteiger partial charge in [-0.2, -0.15) is 0 Å². The Morgan fingerprint density at radius 1 is 1.75 bits per heavy atom. The highest BCUT2D eigenvalue weighted by Gasteiger charge is 1.70. The summed E-state index contributed by atoms with van der Waals surface area (Å²) in [4.78, 5) is 3.63. The molecule has 0 rings (SSSR count). The van der Waals surface area contributed by atoms with Gasteiger partial charge in [-0.25, -0.2) is 0 Å². The minimum Gasteiger partial charge on any atom is -0.307 e. The van der Waals surface area contributed by atoms with Crippen LogP contribution in [0, 0.1) is 5.41 Å². The smallest absolute Gasteiger partial charge is 0.0444 e. The summed E-state index contributed by atoms with van der Waals surface area (Å²) < 4.78 is 0. The normalized spacial score (nSPS) is 12.5. The molecule has 0 saturated heterocycles. The average molecular weight is 131 g/mol. The molecule has 0 amide bonds. The lowest BCUT2D eigenvalue weighted by molar-refractivity contribution is 1.51. The highest BCUT2D eigenvalue weighted by molar-refractivity contribution is 6.29. The topological polar surface area (TPSA) is 36.2 Å². The molecule has 0 aliphatic rings. The first-order valence-corrected chi connectivity index (χ1v) is 2.49. The zero-order valence-electron chi connectivity index (χ0n) is 4.56. The summed E-state index contributed by atoms with van der Waals surface area (Å²) in [5.74, 6) is 0. The Morgan fingerprint density at radius 3 is 2.75 bits per heavy atom. The van der Waals surface area contributed by atoms with Gasteiger partial charge in [0.15, 0.2) is 0 Å². The zero-order valence-corrected chi connectivity index (χ0v) is 5.31. The van der Waals surface area contributed by atoms with Gasteiger partial charge in [0.1, 0.15) is 0 Å². The van der Waals surface area contributed by atoms with Crippen molar-refractivity contribution in [3.05, 3.63) is 11.2 Å². The second kappa shape index (κ2) is 4.53. The Balaban J connectivity index is 3.57. The standard InChI is InChI=1S/C5H7ClN2/c1-5(6)4-8-3-2-7/h2-4,7H,1H3/b5-4+,7-2?,8-3?. The van der Waals surface area contributed by atoms with Crippen molar-refractivity contribution in [2.75, 3.05) is 0 Å². The molecule has 0 aromatic rings. The Bertz CT molecular complexity index is 122. The second-order valence-electron chi connectivity index (χ2n) is 1.18. The van der Waals surface area contributed by atoms with E-state index in [4.69, 9.17) is 17.0 Å². The Kier molecular flexibility index (Phi) is 4.17. The van der Waals surface area contributed by atoms with Crippen LogP contribution in [0.1, 0.15) is 6.92 Å². The first kappa shape index (κ1) is 7.37. The van der Waals surface area contributed by atoms with Crippen molar-refractivity contribution >= 4 is 24.0 Å². The van der Waals surface area contributed by atoms with Crippen LogP contribution in [0.3, 0.4) is 0 Å². The maximum absolute atomic E-state index is 6.50. The number of nitrogens with zero attached hydrogens (tertiary/aromatic N) is 1. The quantitative estimate of drug-likeness (QED) is 0.554. The maximum Gasteiger partial charge on any atom is 0.0444 e. The predicted molar refractivity (Wildman–Crippen MR) is 36.9 cm³/mol. The maximum atomic E-state index is 6.50. The van der Waals surface area contributed by atoms with Crippen molar-refractivity contribution in [3.8, 4) is 0 Å². The van der Waals surface area contributed by atoms with E-state index in [1.165, 1.54) is 12.4 Å². The molecule has 0 spiro atoms. The third-order valence-electron chi connectivity index (χ3n) is 0.413. The molecule has 2 nitrogen and oxygen atoms in total. The van der Waals surface area contributed by atoms with Gasteiger partial charge in [0.2, 0.25) is 0 Å². The SMILES string of the molecule is C/C(Cl)=C\N=CC=N. The fourth-order valence-electron chi connectivity index (χ4n) is 0.189. The molecule has 0 saturated carbocycles. The lowest BCUT2D eigenvalue weighted by Crippen LogP contribution is -1.67. The fourth-order valence-corrected chi connectivity index (χ4v) is 0.245. The number of hydrogen-bond donors (Lipinski definition) is 1. The number of aliphatic imine (C=N–C) groups is 1. The van der Waals surface area contributed by atoms with Crippen molar-refractivity contribution in [1.29, 1.82) is 5.41 Å². The summed E-state index contributed by atoms with van der Waals surface area (Å²) in [5.41, 5.74) is 0. The molecular weight excluding hydrogens is 124 g/mol. The van der Waals surface area contributed by atoms with E-state index >= 15 is 0 Å². The van der Waals surface area contributed by atoms with Crippen LogP contribution < -0.4 is 0 Å². The molecule has 0 aliphatic heterocycles. The van der Waals surface area contributed by atoms with Crippen LogP contribution in [0.25, 0.3) is 0 Å². The lowest BCUT2D eigenvalue weighted by Gasteiger charge is -1.75.